The number of hydrogen-bond donors (Lipinski definition) is 1. The molecule has 1 atom stereocenters. The fourth-order valence-electron chi connectivity index (χ4n) is 3.49. The van der Waals surface area contributed by atoms with Crippen LogP contribution in [0.1, 0.15) is 41.3 Å². The summed E-state index contributed by atoms with van der Waals surface area (Å²) in [5, 5.41) is 2.74. The van der Waals surface area contributed by atoms with Gasteiger partial charge in [0.25, 0.3) is 5.91 Å². The molecule has 0 bridgehead atoms. The van der Waals surface area contributed by atoms with E-state index in [2.05, 4.69) is 5.32 Å². The molecule has 1 heterocycles. The molecule has 1 fully saturated rings. The lowest BCUT2D eigenvalue weighted by atomic mass is 10.0. The second kappa shape index (κ2) is 8.77. The van der Waals surface area contributed by atoms with Crippen molar-refractivity contribution in [3.05, 3.63) is 59.2 Å². The molecule has 2 amide bonds. The first kappa shape index (κ1) is 21.7. The number of alkyl halides is 3. The van der Waals surface area contributed by atoms with Gasteiger partial charge in [-0.3, -0.25) is 9.59 Å². The van der Waals surface area contributed by atoms with E-state index in [1.165, 1.54) is 11.0 Å². The average molecular weight is 420 g/mol. The summed E-state index contributed by atoms with van der Waals surface area (Å²) in [5.41, 5.74) is -0.0604. The van der Waals surface area contributed by atoms with E-state index in [4.69, 9.17) is 4.74 Å². The first-order chi connectivity index (χ1) is 14.2. The highest BCUT2D eigenvalue weighted by molar-refractivity contribution is 5.99. The van der Waals surface area contributed by atoms with Gasteiger partial charge in [-0.05, 0) is 55.7 Å². The number of nitrogens with one attached hydrogen (secondary N) is 1. The number of halogens is 3. The highest BCUT2D eigenvalue weighted by Crippen LogP contribution is 2.34. The van der Waals surface area contributed by atoms with Crippen LogP contribution in [0, 0.1) is 0 Å². The van der Waals surface area contributed by atoms with Crippen LogP contribution in [0.2, 0.25) is 0 Å². The van der Waals surface area contributed by atoms with E-state index in [0.717, 1.165) is 17.7 Å². The van der Waals surface area contributed by atoms with Crippen molar-refractivity contribution in [1.29, 1.82) is 0 Å². The fraction of sp³-hybridized carbons (Fsp3) is 0.364. The first-order valence-corrected chi connectivity index (χ1v) is 9.64. The normalized spacial score (nSPS) is 15.2. The second-order valence-electron chi connectivity index (χ2n) is 7.35. The Morgan fingerprint density at radius 3 is 2.63 bits per heavy atom. The molecular formula is C22H23F3N2O3. The van der Waals surface area contributed by atoms with E-state index in [0.29, 0.717) is 25.1 Å². The van der Waals surface area contributed by atoms with Crippen LogP contribution in [0.5, 0.6) is 5.75 Å². The molecule has 2 aromatic rings. The molecule has 3 rings (SSSR count). The van der Waals surface area contributed by atoms with E-state index in [1.54, 1.807) is 20.1 Å². The maximum atomic E-state index is 13.4. The van der Waals surface area contributed by atoms with Crippen LogP contribution < -0.4 is 15.0 Å². The number of benzene rings is 2. The molecule has 0 saturated carbocycles. The quantitative estimate of drug-likeness (QED) is 0.762. The van der Waals surface area contributed by atoms with Crippen molar-refractivity contribution < 1.29 is 27.5 Å². The van der Waals surface area contributed by atoms with Crippen LogP contribution in [-0.2, 0) is 17.4 Å². The fourth-order valence-corrected chi connectivity index (χ4v) is 3.49. The average Bonchev–Trinajstić information content (AvgIpc) is 3.13. The van der Waals surface area contributed by atoms with Crippen LogP contribution in [0.4, 0.5) is 18.9 Å². The van der Waals surface area contributed by atoms with Crippen LogP contribution in [-0.4, -0.2) is 31.5 Å². The Hall–Kier alpha value is -3.03. The molecule has 0 spiro atoms. The third-order valence-electron chi connectivity index (χ3n) is 4.95. The van der Waals surface area contributed by atoms with Crippen molar-refractivity contribution in [3.63, 3.8) is 0 Å². The molecule has 1 aliphatic rings. The van der Waals surface area contributed by atoms with E-state index >= 15 is 0 Å². The monoisotopic (exact) mass is 420 g/mol. The van der Waals surface area contributed by atoms with Gasteiger partial charge in [0, 0.05) is 30.3 Å². The zero-order valence-electron chi connectivity index (χ0n) is 16.8. The number of hydrogen-bond acceptors (Lipinski definition) is 3. The van der Waals surface area contributed by atoms with Crippen molar-refractivity contribution >= 4 is 17.5 Å². The molecule has 160 valence electrons. The van der Waals surface area contributed by atoms with Gasteiger partial charge >= 0.3 is 6.18 Å². The molecule has 0 aliphatic carbocycles. The molecule has 1 aliphatic heterocycles. The number of methoxy groups -OCH3 is 1. The standard InChI is InChI=1S/C22H23F3N2O3/c1-14(9-15-5-3-6-19(10-15)30-2)26-21(29)16-11-17(22(23,24)25)13-18(12-16)27-8-4-7-20(27)28/h3,5-6,10-14H,4,7-9H2,1-2H3,(H,26,29). The van der Waals surface area contributed by atoms with Gasteiger partial charge in [-0.25, -0.2) is 0 Å². The van der Waals surface area contributed by atoms with E-state index in [9.17, 15) is 22.8 Å². The minimum Gasteiger partial charge on any atom is -0.497 e. The van der Waals surface area contributed by atoms with Gasteiger partial charge in [-0.1, -0.05) is 12.1 Å². The minimum atomic E-state index is -4.62. The lowest BCUT2D eigenvalue weighted by Crippen LogP contribution is -2.34. The molecule has 1 N–H and O–H groups in total. The maximum absolute atomic E-state index is 13.4. The molecule has 2 aromatic carbocycles. The van der Waals surface area contributed by atoms with Crippen molar-refractivity contribution in [1.82, 2.24) is 5.32 Å². The van der Waals surface area contributed by atoms with Gasteiger partial charge in [0.05, 0.1) is 12.7 Å². The summed E-state index contributed by atoms with van der Waals surface area (Å²) >= 11 is 0. The predicted octanol–water partition coefficient (Wildman–Crippen LogP) is 4.20. The summed E-state index contributed by atoms with van der Waals surface area (Å²) in [6.45, 7) is 2.11. The number of nitrogens with zero attached hydrogens (tertiary/aromatic N) is 1. The van der Waals surface area contributed by atoms with Gasteiger partial charge in [-0.15, -0.1) is 0 Å². The van der Waals surface area contributed by atoms with Crippen LogP contribution in [0.25, 0.3) is 0 Å². The zero-order valence-corrected chi connectivity index (χ0v) is 16.8. The summed E-state index contributed by atoms with van der Waals surface area (Å²) in [4.78, 5) is 26.0. The molecule has 1 saturated heterocycles. The lowest BCUT2D eigenvalue weighted by Gasteiger charge is -2.20. The zero-order chi connectivity index (χ0) is 21.9. The SMILES string of the molecule is COc1cccc(CC(C)NC(=O)c2cc(N3CCCC3=O)cc(C(F)(F)F)c2)c1. The maximum Gasteiger partial charge on any atom is 0.416 e. The predicted molar refractivity (Wildman–Crippen MR) is 107 cm³/mol. The van der Waals surface area contributed by atoms with Crippen molar-refractivity contribution in [2.45, 2.75) is 38.4 Å². The van der Waals surface area contributed by atoms with Gasteiger partial charge in [-0.2, -0.15) is 13.2 Å². The van der Waals surface area contributed by atoms with Crippen molar-refractivity contribution in [2.24, 2.45) is 0 Å². The van der Waals surface area contributed by atoms with Gasteiger partial charge in [0.2, 0.25) is 5.91 Å². The third-order valence-corrected chi connectivity index (χ3v) is 4.95. The summed E-state index contributed by atoms with van der Waals surface area (Å²) < 4.78 is 45.3. The number of carbonyl (C=O) groups is 2. The first-order valence-electron chi connectivity index (χ1n) is 9.64. The van der Waals surface area contributed by atoms with E-state index < -0.39 is 17.6 Å². The Morgan fingerprint density at radius 1 is 1.23 bits per heavy atom. The molecule has 8 heteroatoms. The summed E-state index contributed by atoms with van der Waals surface area (Å²) in [5.74, 6) is -0.180. The molecule has 5 nitrogen and oxygen atoms in total. The largest absolute Gasteiger partial charge is 0.497 e. The molecule has 30 heavy (non-hydrogen) atoms. The van der Waals surface area contributed by atoms with Crippen LogP contribution in [0.3, 0.4) is 0 Å². The number of carbonyl (C=O) groups excluding carboxylic acids is 2. The van der Waals surface area contributed by atoms with Crippen LogP contribution >= 0.6 is 0 Å². The van der Waals surface area contributed by atoms with Gasteiger partial charge < -0.3 is 15.0 Å². The van der Waals surface area contributed by atoms with Crippen molar-refractivity contribution in [2.75, 3.05) is 18.6 Å². The summed E-state index contributed by atoms with van der Waals surface area (Å²) in [7, 11) is 1.56. The van der Waals surface area contributed by atoms with Gasteiger partial charge in [0.15, 0.2) is 0 Å². The number of amides is 2. The Balaban J connectivity index is 1.80. The second-order valence-corrected chi connectivity index (χ2v) is 7.35. The van der Waals surface area contributed by atoms with Crippen molar-refractivity contribution in [3.8, 4) is 5.75 Å². The number of anilines is 1. The Kier molecular flexibility index (Phi) is 6.34. The van der Waals surface area contributed by atoms with E-state index in [-0.39, 0.29) is 29.6 Å². The minimum absolute atomic E-state index is 0.0953. The number of rotatable bonds is 6. The Morgan fingerprint density at radius 2 is 2.00 bits per heavy atom. The lowest BCUT2D eigenvalue weighted by molar-refractivity contribution is -0.137. The summed E-state index contributed by atoms with van der Waals surface area (Å²) in [6.07, 6.45) is -3.27. The molecule has 0 aromatic heterocycles. The summed E-state index contributed by atoms with van der Waals surface area (Å²) in [6, 6.07) is 10.1. The highest BCUT2D eigenvalue weighted by Gasteiger charge is 2.33. The topological polar surface area (TPSA) is 58.6 Å². The smallest absolute Gasteiger partial charge is 0.416 e. The molecular weight excluding hydrogens is 397 g/mol. The number of ether oxygens (including phenoxy) is 1. The third kappa shape index (κ3) is 5.11. The molecule has 0 radical (unpaired) electrons. The van der Waals surface area contributed by atoms with Crippen LogP contribution in [0.15, 0.2) is 42.5 Å². The van der Waals surface area contributed by atoms with Gasteiger partial charge in [0.1, 0.15) is 5.75 Å². The Bertz CT molecular complexity index is 943. The molecule has 1 unspecified atom stereocenters. The Labute approximate surface area is 172 Å². The highest BCUT2D eigenvalue weighted by atomic mass is 19.4. The van der Waals surface area contributed by atoms with E-state index in [1.807, 2.05) is 18.2 Å².